The Morgan fingerprint density at radius 2 is 1.36 bits per heavy atom. The van der Waals surface area contributed by atoms with Gasteiger partial charge in [-0.25, -0.2) is 4.79 Å². The van der Waals surface area contributed by atoms with Crippen molar-refractivity contribution in [1.29, 1.82) is 0 Å². The van der Waals surface area contributed by atoms with Crippen LogP contribution in [0.3, 0.4) is 0 Å². The zero-order valence-electron chi connectivity index (χ0n) is 18.8. The Kier molecular flexibility index (Phi) is 15.3. The number of nitrogens with zero attached hydrogens (tertiary/aromatic N) is 1. The number of carbonyl (C=O) groups is 1. The molecule has 164 valence electrons. The van der Waals surface area contributed by atoms with Crippen molar-refractivity contribution < 1.29 is 19.0 Å². The molecule has 0 aliphatic carbocycles. The van der Waals surface area contributed by atoms with Crippen LogP contribution in [0.5, 0.6) is 0 Å². The summed E-state index contributed by atoms with van der Waals surface area (Å²) in [7, 11) is 0. The number of quaternary nitrogens is 1. The zero-order valence-corrected chi connectivity index (χ0v) is 18.8. The number of hydrogen-bond donors (Lipinski definition) is 0. The summed E-state index contributed by atoms with van der Waals surface area (Å²) in [5, 5.41) is 0. The van der Waals surface area contributed by atoms with E-state index in [9.17, 15) is 4.79 Å². The molecule has 0 radical (unpaired) electrons. The minimum atomic E-state index is -0.0404. The summed E-state index contributed by atoms with van der Waals surface area (Å²) in [4.78, 5) is 17.9. The lowest BCUT2D eigenvalue weighted by molar-refractivity contribution is -1.09. The SMILES string of the molecule is CCCCCCCC/C=C\CCCCCCCC(=O)O[N+]1(CC)CCOCC1. The van der Waals surface area contributed by atoms with E-state index in [-0.39, 0.29) is 5.97 Å². The average molecular weight is 397 g/mol. The van der Waals surface area contributed by atoms with Crippen molar-refractivity contribution in [2.24, 2.45) is 0 Å². The lowest BCUT2D eigenvalue weighted by Gasteiger charge is -2.36. The maximum Gasteiger partial charge on any atom is 0.366 e. The number of hydroxylamine groups is 3. The highest BCUT2D eigenvalue weighted by atomic mass is 16.7. The highest BCUT2D eigenvalue weighted by Gasteiger charge is 2.33. The number of carbonyl (C=O) groups excluding carboxylic acids is 1. The first-order chi connectivity index (χ1) is 13.7. The quantitative estimate of drug-likeness (QED) is 0.163. The Labute approximate surface area is 174 Å². The maximum atomic E-state index is 12.1. The molecule has 1 heterocycles. The van der Waals surface area contributed by atoms with Gasteiger partial charge in [-0.3, -0.25) is 4.84 Å². The molecule has 0 N–H and O–H groups in total. The van der Waals surface area contributed by atoms with Gasteiger partial charge < -0.3 is 4.74 Å². The molecule has 0 aromatic carbocycles. The first-order valence-corrected chi connectivity index (χ1v) is 12.0. The molecule has 0 amide bonds. The van der Waals surface area contributed by atoms with E-state index in [0.29, 0.717) is 24.3 Å². The predicted octanol–water partition coefficient (Wildman–Crippen LogP) is 6.35. The second-order valence-corrected chi connectivity index (χ2v) is 8.23. The molecule has 1 rings (SSSR count). The second-order valence-electron chi connectivity index (χ2n) is 8.23. The smallest absolute Gasteiger partial charge is 0.366 e. The van der Waals surface area contributed by atoms with Gasteiger partial charge in [0.15, 0.2) is 0 Å². The topological polar surface area (TPSA) is 35.5 Å². The van der Waals surface area contributed by atoms with Gasteiger partial charge in [0, 0.05) is 0 Å². The van der Waals surface area contributed by atoms with Crippen LogP contribution in [-0.4, -0.2) is 43.5 Å². The van der Waals surface area contributed by atoms with Crippen LogP contribution < -0.4 is 0 Å². The molecule has 1 aliphatic rings. The van der Waals surface area contributed by atoms with Crippen LogP contribution in [-0.2, 0) is 14.4 Å². The van der Waals surface area contributed by atoms with Crippen LogP contribution in [0, 0.1) is 0 Å². The summed E-state index contributed by atoms with van der Waals surface area (Å²) < 4.78 is 5.84. The molecule has 0 aromatic heterocycles. The van der Waals surface area contributed by atoms with Gasteiger partial charge in [0.1, 0.15) is 19.6 Å². The Morgan fingerprint density at radius 3 is 1.93 bits per heavy atom. The number of hydrogen-bond acceptors (Lipinski definition) is 3. The van der Waals surface area contributed by atoms with Crippen molar-refractivity contribution in [3.05, 3.63) is 12.2 Å². The van der Waals surface area contributed by atoms with E-state index in [2.05, 4.69) is 26.0 Å². The molecule has 0 aromatic rings. The van der Waals surface area contributed by atoms with Crippen molar-refractivity contribution in [3.63, 3.8) is 0 Å². The minimum Gasteiger partial charge on any atom is -0.369 e. The summed E-state index contributed by atoms with van der Waals surface area (Å²) >= 11 is 0. The van der Waals surface area contributed by atoms with Crippen molar-refractivity contribution >= 4 is 5.97 Å². The third kappa shape index (κ3) is 12.6. The van der Waals surface area contributed by atoms with Crippen LogP contribution in [0.15, 0.2) is 12.2 Å². The highest BCUT2D eigenvalue weighted by molar-refractivity contribution is 5.68. The number of ether oxygens (including phenoxy) is 1. The van der Waals surface area contributed by atoms with E-state index in [0.717, 1.165) is 32.5 Å². The van der Waals surface area contributed by atoms with Crippen LogP contribution in [0.1, 0.15) is 104 Å². The number of likely N-dealkylation sites (N-methyl/N-ethyl adjacent to an activating group) is 1. The fourth-order valence-corrected chi connectivity index (χ4v) is 3.75. The molecular weight excluding hydrogens is 350 g/mol. The Morgan fingerprint density at radius 1 is 0.821 bits per heavy atom. The standard InChI is InChI=1S/C24H46NO3/c1-3-5-6-7-8-9-10-11-12-13-14-15-16-17-18-19-24(26)28-25(4-2)20-22-27-23-21-25/h11-12H,3-10,13-23H2,1-2H3/q+1/b12-11-. The third-order valence-electron chi connectivity index (χ3n) is 5.80. The summed E-state index contributed by atoms with van der Waals surface area (Å²) in [6.07, 6.45) is 21.9. The largest absolute Gasteiger partial charge is 0.369 e. The lowest BCUT2D eigenvalue weighted by atomic mass is 10.1. The van der Waals surface area contributed by atoms with Gasteiger partial charge in [0.2, 0.25) is 0 Å². The fourth-order valence-electron chi connectivity index (χ4n) is 3.75. The molecular formula is C24H46NO3+. The summed E-state index contributed by atoms with van der Waals surface area (Å²) in [6, 6.07) is 0. The van der Waals surface area contributed by atoms with Gasteiger partial charge in [0.05, 0.1) is 19.6 Å². The zero-order chi connectivity index (χ0) is 20.3. The van der Waals surface area contributed by atoms with Crippen molar-refractivity contribution in [1.82, 2.24) is 0 Å². The normalized spacial score (nSPS) is 16.5. The average Bonchev–Trinajstić information content (AvgIpc) is 2.71. The summed E-state index contributed by atoms with van der Waals surface area (Å²) in [6.45, 7) is 8.14. The van der Waals surface area contributed by atoms with Crippen LogP contribution in [0.2, 0.25) is 0 Å². The summed E-state index contributed by atoms with van der Waals surface area (Å²) in [5.74, 6) is -0.0404. The van der Waals surface area contributed by atoms with E-state index in [1.54, 1.807) is 0 Å². The number of unbranched alkanes of at least 4 members (excludes halogenated alkanes) is 11. The number of rotatable bonds is 17. The molecule has 0 unspecified atom stereocenters. The molecule has 4 nitrogen and oxygen atoms in total. The molecule has 0 saturated carbocycles. The van der Waals surface area contributed by atoms with E-state index >= 15 is 0 Å². The lowest BCUT2D eigenvalue weighted by Crippen LogP contribution is -2.55. The monoisotopic (exact) mass is 396 g/mol. The molecule has 1 fully saturated rings. The first-order valence-electron chi connectivity index (χ1n) is 12.0. The number of morpholine rings is 1. The molecule has 4 heteroatoms. The maximum absolute atomic E-state index is 12.1. The number of allylic oxidation sites excluding steroid dienone is 2. The van der Waals surface area contributed by atoms with Gasteiger partial charge in [-0.05, 0) is 39.0 Å². The molecule has 1 saturated heterocycles. The first kappa shape index (κ1) is 25.2. The summed E-state index contributed by atoms with van der Waals surface area (Å²) in [5.41, 5.74) is 0. The molecule has 0 bridgehead atoms. The van der Waals surface area contributed by atoms with Crippen molar-refractivity contribution in [2.45, 2.75) is 104 Å². The molecule has 0 spiro atoms. The van der Waals surface area contributed by atoms with Crippen molar-refractivity contribution in [2.75, 3.05) is 32.8 Å². The van der Waals surface area contributed by atoms with Crippen molar-refractivity contribution in [3.8, 4) is 0 Å². The van der Waals surface area contributed by atoms with E-state index < -0.39 is 0 Å². The van der Waals surface area contributed by atoms with Crippen LogP contribution >= 0.6 is 0 Å². The van der Waals surface area contributed by atoms with Gasteiger partial charge in [-0.2, -0.15) is 0 Å². The van der Waals surface area contributed by atoms with Crippen LogP contribution in [0.25, 0.3) is 0 Å². The second kappa shape index (κ2) is 17.0. The van der Waals surface area contributed by atoms with Crippen LogP contribution in [0.4, 0.5) is 0 Å². The molecule has 0 atom stereocenters. The Balaban J connectivity index is 1.89. The minimum absolute atomic E-state index is 0.0404. The molecule has 1 aliphatic heterocycles. The van der Waals surface area contributed by atoms with Gasteiger partial charge >= 0.3 is 5.97 Å². The third-order valence-corrected chi connectivity index (χ3v) is 5.80. The van der Waals surface area contributed by atoms with Gasteiger partial charge in [0.25, 0.3) is 0 Å². The Hall–Kier alpha value is -0.870. The Bertz CT molecular complexity index is 403. The van der Waals surface area contributed by atoms with E-state index in [1.165, 1.54) is 70.6 Å². The van der Waals surface area contributed by atoms with Gasteiger partial charge in [-0.1, -0.05) is 70.4 Å². The fraction of sp³-hybridized carbons (Fsp3) is 0.875. The van der Waals surface area contributed by atoms with Gasteiger partial charge in [-0.15, -0.1) is 4.65 Å². The predicted molar refractivity (Wildman–Crippen MR) is 117 cm³/mol. The van der Waals surface area contributed by atoms with E-state index in [1.807, 2.05) is 0 Å². The van der Waals surface area contributed by atoms with E-state index in [4.69, 9.17) is 9.57 Å². The highest BCUT2D eigenvalue weighted by Crippen LogP contribution is 2.15. The molecule has 28 heavy (non-hydrogen) atoms.